The Hall–Kier alpha value is -2.73. The molecule has 1 spiro atoms. The molecule has 1 atom stereocenters. The molecule has 0 unspecified atom stereocenters. The van der Waals surface area contributed by atoms with Gasteiger partial charge < -0.3 is 15.1 Å². The third kappa shape index (κ3) is 5.58. The molecule has 2 amide bonds. The second kappa shape index (κ2) is 10.9. The minimum Gasteiger partial charge on any atom is -0.349 e. The molecule has 3 heterocycles. The summed E-state index contributed by atoms with van der Waals surface area (Å²) in [5.41, 5.74) is 1.95. The van der Waals surface area contributed by atoms with Gasteiger partial charge >= 0.3 is 0 Å². The average Bonchev–Trinajstić information content (AvgIpc) is 3.54. The molecule has 1 N–H and O–H groups in total. The predicted octanol–water partition coefficient (Wildman–Crippen LogP) is 4.33. The van der Waals surface area contributed by atoms with Gasteiger partial charge in [0.25, 0.3) is 0 Å². The van der Waals surface area contributed by atoms with Crippen LogP contribution in [0.15, 0.2) is 54.7 Å². The van der Waals surface area contributed by atoms with Crippen LogP contribution in [-0.2, 0) is 16.1 Å². The highest BCUT2D eigenvalue weighted by molar-refractivity contribution is 5.85. The lowest BCUT2D eigenvalue weighted by atomic mass is 9.77. The summed E-state index contributed by atoms with van der Waals surface area (Å²) < 4.78 is 0. The average molecular weight is 475 g/mol. The number of carbonyl (C=O) groups excluding carboxylic acids is 2. The van der Waals surface area contributed by atoms with Crippen molar-refractivity contribution in [2.24, 2.45) is 11.3 Å². The highest BCUT2D eigenvalue weighted by Crippen LogP contribution is 2.42. The van der Waals surface area contributed by atoms with Gasteiger partial charge in [-0.1, -0.05) is 49.2 Å². The molecule has 0 bridgehead atoms. The Morgan fingerprint density at radius 1 is 1.00 bits per heavy atom. The Bertz CT molecular complexity index is 982. The molecule has 2 aromatic rings. The Kier molecular flexibility index (Phi) is 7.47. The first-order valence-electron chi connectivity index (χ1n) is 13.4. The van der Waals surface area contributed by atoms with Crippen molar-refractivity contribution in [3.63, 3.8) is 0 Å². The van der Waals surface area contributed by atoms with Crippen molar-refractivity contribution in [2.45, 2.75) is 64.0 Å². The molecule has 6 nitrogen and oxygen atoms in total. The number of amides is 2. The van der Waals surface area contributed by atoms with Crippen LogP contribution in [0, 0.1) is 11.3 Å². The van der Waals surface area contributed by atoms with E-state index < -0.39 is 0 Å². The normalized spacial score (nSPS) is 21.5. The monoisotopic (exact) mass is 474 g/mol. The highest BCUT2D eigenvalue weighted by Gasteiger charge is 2.48. The van der Waals surface area contributed by atoms with Gasteiger partial charge in [0.2, 0.25) is 11.8 Å². The topological polar surface area (TPSA) is 65.5 Å². The minimum atomic E-state index is -0.194. The zero-order valence-corrected chi connectivity index (χ0v) is 20.7. The molecule has 5 rings (SSSR count). The largest absolute Gasteiger partial charge is 0.349 e. The fraction of sp³-hybridized carbons (Fsp3) is 0.552. The Morgan fingerprint density at radius 3 is 2.43 bits per heavy atom. The lowest BCUT2D eigenvalue weighted by Gasteiger charge is -2.38. The van der Waals surface area contributed by atoms with E-state index in [1.54, 1.807) is 6.20 Å². The maximum absolute atomic E-state index is 13.3. The van der Waals surface area contributed by atoms with Gasteiger partial charge in [-0.25, -0.2) is 0 Å². The Labute approximate surface area is 209 Å². The molecular formula is C29H38N4O2. The van der Waals surface area contributed by atoms with Crippen LogP contribution in [0.3, 0.4) is 0 Å². The van der Waals surface area contributed by atoms with Crippen LogP contribution in [0.5, 0.6) is 0 Å². The van der Waals surface area contributed by atoms with E-state index >= 15 is 0 Å². The molecular weight excluding hydrogens is 436 g/mol. The zero-order valence-electron chi connectivity index (χ0n) is 20.7. The lowest BCUT2D eigenvalue weighted by Crippen LogP contribution is -2.45. The van der Waals surface area contributed by atoms with E-state index in [0.717, 1.165) is 70.4 Å². The van der Waals surface area contributed by atoms with Crippen molar-refractivity contribution < 1.29 is 9.59 Å². The summed E-state index contributed by atoms with van der Waals surface area (Å²) in [5.74, 6) is 0.714. The van der Waals surface area contributed by atoms with Gasteiger partial charge in [-0.15, -0.1) is 0 Å². The summed E-state index contributed by atoms with van der Waals surface area (Å²) in [6.07, 6.45) is 9.88. The summed E-state index contributed by atoms with van der Waals surface area (Å²) in [5, 5.41) is 3.37. The van der Waals surface area contributed by atoms with Crippen LogP contribution in [0.4, 0.5) is 0 Å². The first-order valence-corrected chi connectivity index (χ1v) is 13.4. The number of piperidine rings is 1. The molecule has 1 aromatic carbocycles. The first-order chi connectivity index (χ1) is 17.1. The van der Waals surface area contributed by atoms with Crippen molar-refractivity contribution >= 4 is 11.8 Å². The number of nitrogens with one attached hydrogen (secondary N) is 1. The highest BCUT2D eigenvalue weighted by atomic mass is 16.2. The van der Waals surface area contributed by atoms with Gasteiger partial charge in [0, 0.05) is 25.2 Å². The third-order valence-electron chi connectivity index (χ3n) is 8.47. The molecule has 1 saturated carbocycles. The molecule has 1 aliphatic carbocycles. The quantitative estimate of drug-likeness (QED) is 0.618. The second-order valence-corrected chi connectivity index (χ2v) is 10.7. The van der Waals surface area contributed by atoms with E-state index in [-0.39, 0.29) is 23.3 Å². The van der Waals surface area contributed by atoms with Crippen LogP contribution in [0.1, 0.15) is 68.7 Å². The van der Waals surface area contributed by atoms with Crippen LogP contribution in [0.2, 0.25) is 0 Å². The predicted molar refractivity (Wildman–Crippen MR) is 136 cm³/mol. The number of rotatable bonds is 8. The summed E-state index contributed by atoms with van der Waals surface area (Å²) in [7, 11) is 0. The molecule has 2 saturated heterocycles. The number of benzene rings is 1. The molecule has 1 aromatic heterocycles. The first kappa shape index (κ1) is 24.0. The summed E-state index contributed by atoms with van der Waals surface area (Å²) in [6, 6.07) is 16.3. The number of aromatic nitrogens is 1. The number of likely N-dealkylation sites (tertiary alicyclic amines) is 2. The third-order valence-corrected chi connectivity index (χ3v) is 8.47. The second-order valence-electron chi connectivity index (χ2n) is 10.7. The Morgan fingerprint density at radius 2 is 1.71 bits per heavy atom. The molecule has 3 fully saturated rings. The molecule has 0 radical (unpaired) electrons. The van der Waals surface area contributed by atoms with Crippen LogP contribution < -0.4 is 5.32 Å². The molecule has 186 valence electrons. The van der Waals surface area contributed by atoms with Gasteiger partial charge in [-0.3, -0.25) is 14.6 Å². The van der Waals surface area contributed by atoms with Crippen molar-refractivity contribution in [2.75, 3.05) is 26.2 Å². The number of hydrogen-bond donors (Lipinski definition) is 1. The molecule has 35 heavy (non-hydrogen) atoms. The van der Waals surface area contributed by atoms with Gasteiger partial charge in [0.1, 0.15) is 0 Å². The van der Waals surface area contributed by atoms with Gasteiger partial charge in [0.15, 0.2) is 0 Å². The zero-order chi connectivity index (χ0) is 24.1. The van der Waals surface area contributed by atoms with E-state index in [4.69, 9.17) is 0 Å². The van der Waals surface area contributed by atoms with Gasteiger partial charge in [-0.05, 0) is 69.3 Å². The maximum atomic E-state index is 13.3. The van der Waals surface area contributed by atoms with E-state index in [2.05, 4.69) is 39.5 Å². The summed E-state index contributed by atoms with van der Waals surface area (Å²) in [4.78, 5) is 35.1. The summed E-state index contributed by atoms with van der Waals surface area (Å²) in [6.45, 7) is 4.28. The van der Waals surface area contributed by atoms with Crippen molar-refractivity contribution in [3.8, 4) is 0 Å². The number of nitrogens with zero attached hydrogens (tertiary/aromatic N) is 3. The standard InChI is InChI=1S/C29H38N4O2/c34-27(24-10-4-5-11-24)31-26(23-8-2-1-3-9-23)13-18-32-19-14-29(15-20-32)16-21-33(28(29)35)22-25-12-6-7-17-30-25/h1-3,6-9,12,17,24,26H,4-5,10-11,13-16,18-22H2,(H,31,34)/t26-/m0/s1. The van der Waals surface area contributed by atoms with Crippen LogP contribution in [-0.4, -0.2) is 52.8 Å². The van der Waals surface area contributed by atoms with Crippen LogP contribution in [0.25, 0.3) is 0 Å². The molecule has 6 heteroatoms. The maximum Gasteiger partial charge on any atom is 0.229 e. The van der Waals surface area contributed by atoms with E-state index in [1.165, 1.54) is 18.4 Å². The number of hydrogen-bond acceptors (Lipinski definition) is 4. The van der Waals surface area contributed by atoms with Crippen LogP contribution >= 0.6 is 0 Å². The molecule has 3 aliphatic rings. The van der Waals surface area contributed by atoms with Crippen molar-refractivity contribution in [1.82, 2.24) is 20.1 Å². The van der Waals surface area contributed by atoms with E-state index in [9.17, 15) is 9.59 Å². The van der Waals surface area contributed by atoms with Crippen molar-refractivity contribution in [3.05, 3.63) is 66.0 Å². The summed E-state index contributed by atoms with van der Waals surface area (Å²) >= 11 is 0. The lowest BCUT2D eigenvalue weighted by molar-refractivity contribution is -0.139. The minimum absolute atomic E-state index is 0.0437. The van der Waals surface area contributed by atoms with E-state index in [0.29, 0.717) is 12.5 Å². The number of pyridine rings is 1. The SMILES string of the molecule is O=C(N[C@@H](CCN1CCC2(CC1)CCN(Cc1ccccn1)C2=O)c1ccccc1)C1CCCC1. The van der Waals surface area contributed by atoms with Gasteiger partial charge in [0.05, 0.1) is 23.7 Å². The van der Waals surface area contributed by atoms with Gasteiger partial charge in [-0.2, -0.15) is 0 Å². The Balaban J connectivity index is 1.15. The fourth-order valence-corrected chi connectivity index (χ4v) is 6.20. The smallest absolute Gasteiger partial charge is 0.229 e. The molecule has 2 aliphatic heterocycles. The fourth-order valence-electron chi connectivity index (χ4n) is 6.20. The van der Waals surface area contributed by atoms with E-state index in [1.807, 2.05) is 29.2 Å². The van der Waals surface area contributed by atoms with Crippen molar-refractivity contribution in [1.29, 1.82) is 0 Å². The number of carbonyl (C=O) groups is 2.